The van der Waals surface area contributed by atoms with E-state index in [2.05, 4.69) is 0 Å². The van der Waals surface area contributed by atoms with Crippen LogP contribution in [0.1, 0.15) is 19.3 Å². The Balaban J connectivity index is 2.06. The Morgan fingerprint density at radius 2 is 1.90 bits per heavy atom. The normalized spacial score (nSPS) is 32.4. The van der Waals surface area contributed by atoms with Crippen LogP contribution in [0.2, 0.25) is 0 Å². The Morgan fingerprint density at radius 3 is 2.20 bits per heavy atom. The molecule has 0 aromatic rings. The third-order valence-electron chi connectivity index (χ3n) is 1.78. The molecule has 1 fully saturated rings. The molecular formula is C6H10F3N. The second-order valence-corrected chi connectivity index (χ2v) is 2.81. The number of hydrogen-bond donors (Lipinski definition) is 1. The summed E-state index contributed by atoms with van der Waals surface area (Å²) >= 11 is 0. The van der Waals surface area contributed by atoms with Crippen molar-refractivity contribution in [2.24, 2.45) is 11.7 Å². The van der Waals surface area contributed by atoms with Gasteiger partial charge in [-0.2, -0.15) is 13.2 Å². The van der Waals surface area contributed by atoms with Crippen molar-refractivity contribution in [3.05, 3.63) is 0 Å². The van der Waals surface area contributed by atoms with E-state index in [0.29, 0.717) is 0 Å². The summed E-state index contributed by atoms with van der Waals surface area (Å²) < 4.78 is 34.6. The van der Waals surface area contributed by atoms with Crippen molar-refractivity contribution in [1.29, 1.82) is 0 Å². The van der Waals surface area contributed by atoms with Crippen molar-refractivity contribution >= 4 is 0 Å². The van der Waals surface area contributed by atoms with E-state index in [1.54, 1.807) is 0 Å². The molecule has 1 aliphatic carbocycles. The van der Waals surface area contributed by atoms with Gasteiger partial charge in [0.25, 0.3) is 0 Å². The highest BCUT2D eigenvalue weighted by Gasteiger charge is 2.37. The number of nitrogens with two attached hydrogens (primary N) is 1. The van der Waals surface area contributed by atoms with Gasteiger partial charge in [-0.05, 0) is 18.8 Å². The van der Waals surface area contributed by atoms with E-state index in [9.17, 15) is 13.2 Å². The number of rotatable bonds is 2. The van der Waals surface area contributed by atoms with Crippen LogP contribution in [0, 0.1) is 5.92 Å². The molecule has 0 heterocycles. The zero-order chi connectivity index (χ0) is 7.78. The lowest BCUT2D eigenvalue weighted by atomic mass is 10.2. The average Bonchev–Trinajstić information content (AvgIpc) is 2.40. The Hall–Kier alpha value is -0.250. The highest BCUT2D eigenvalue weighted by Crippen LogP contribution is 2.36. The number of hydrogen-bond acceptors (Lipinski definition) is 1. The molecule has 60 valence electrons. The minimum absolute atomic E-state index is 0.0438. The first-order valence-corrected chi connectivity index (χ1v) is 3.31. The lowest BCUT2D eigenvalue weighted by Crippen LogP contribution is -2.09. The van der Waals surface area contributed by atoms with Gasteiger partial charge in [-0.15, -0.1) is 0 Å². The van der Waals surface area contributed by atoms with Crippen molar-refractivity contribution in [2.75, 3.05) is 0 Å². The summed E-state index contributed by atoms with van der Waals surface area (Å²) in [5.41, 5.74) is 5.33. The van der Waals surface area contributed by atoms with Crippen molar-refractivity contribution < 1.29 is 13.2 Å². The predicted molar refractivity (Wildman–Crippen MR) is 31.4 cm³/mol. The molecule has 0 aromatic heterocycles. The van der Waals surface area contributed by atoms with Crippen molar-refractivity contribution in [3.63, 3.8) is 0 Å². The van der Waals surface area contributed by atoms with Gasteiger partial charge in [0.05, 0.1) is 0 Å². The zero-order valence-corrected chi connectivity index (χ0v) is 5.49. The zero-order valence-electron chi connectivity index (χ0n) is 5.49. The van der Waals surface area contributed by atoms with Gasteiger partial charge in [0, 0.05) is 12.5 Å². The van der Waals surface area contributed by atoms with Gasteiger partial charge in [0.15, 0.2) is 0 Å². The Kier molecular flexibility index (Phi) is 1.90. The van der Waals surface area contributed by atoms with Crippen LogP contribution in [0.3, 0.4) is 0 Å². The third-order valence-corrected chi connectivity index (χ3v) is 1.78. The molecule has 1 rings (SSSR count). The van der Waals surface area contributed by atoms with E-state index in [1.807, 2.05) is 0 Å². The van der Waals surface area contributed by atoms with E-state index in [0.717, 1.165) is 6.42 Å². The summed E-state index contributed by atoms with van der Waals surface area (Å²) in [4.78, 5) is 0. The smallest absolute Gasteiger partial charge is 0.327 e. The van der Waals surface area contributed by atoms with Crippen LogP contribution in [0.15, 0.2) is 0 Å². The number of halogens is 3. The standard InChI is InChI=1S/C6H10F3N/c7-6(8,9)2-1-4-3-5(4)10/h4-5H,1-3,10H2. The van der Waals surface area contributed by atoms with E-state index < -0.39 is 12.6 Å². The molecule has 4 heteroatoms. The van der Waals surface area contributed by atoms with Gasteiger partial charge in [-0.25, -0.2) is 0 Å². The van der Waals surface area contributed by atoms with Crippen LogP contribution in [0.5, 0.6) is 0 Å². The maximum absolute atomic E-state index is 11.5. The molecule has 1 saturated carbocycles. The Morgan fingerprint density at radius 1 is 1.40 bits per heavy atom. The topological polar surface area (TPSA) is 26.0 Å². The first kappa shape index (κ1) is 7.85. The average molecular weight is 153 g/mol. The summed E-state index contributed by atoms with van der Waals surface area (Å²) in [6.07, 6.45) is -3.69. The fraction of sp³-hybridized carbons (Fsp3) is 1.00. The van der Waals surface area contributed by atoms with Gasteiger partial charge in [-0.1, -0.05) is 0 Å². The van der Waals surface area contributed by atoms with Gasteiger partial charge in [0.2, 0.25) is 0 Å². The summed E-state index contributed by atoms with van der Waals surface area (Å²) in [5.74, 6) is 0.140. The lowest BCUT2D eigenvalue weighted by Gasteiger charge is -2.03. The summed E-state index contributed by atoms with van der Waals surface area (Å²) in [6.45, 7) is 0. The second-order valence-electron chi connectivity index (χ2n) is 2.81. The second kappa shape index (κ2) is 2.42. The maximum atomic E-state index is 11.5. The van der Waals surface area contributed by atoms with Crippen LogP contribution >= 0.6 is 0 Å². The van der Waals surface area contributed by atoms with Gasteiger partial charge in [0.1, 0.15) is 0 Å². The van der Waals surface area contributed by atoms with Crippen molar-refractivity contribution in [2.45, 2.75) is 31.5 Å². The van der Waals surface area contributed by atoms with Crippen molar-refractivity contribution in [1.82, 2.24) is 0 Å². The molecule has 2 unspecified atom stereocenters. The van der Waals surface area contributed by atoms with Crippen molar-refractivity contribution in [3.8, 4) is 0 Å². The van der Waals surface area contributed by atoms with E-state index in [4.69, 9.17) is 5.73 Å². The predicted octanol–water partition coefficient (Wildman–Crippen LogP) is 1.68. The molecule has 2 N–H and O–H groups in total. The van der Waals surface area contributed by atoms with Crippen LogP contribution in [0.25, 0.3) is 0 Å². The molecule has 0 amide bonds. The SMILES string of the molecule is NC1CC1CCC(F)(F)F. The molecule has 0 aromatic carbocycles. The summed E-state index contributed by atoms with van der Waals surface area (Å²) in [7, 11) is 0. The monoisotopic (exact) mass is 153 g/mol. The Bertz CT molecular complexity index is 121. The highest BCUT2D eigenvalue weighted by atomic mass is 19.4. The molecule has 0 radical (unpaired) electrons. The fourth-order valence-electron chi connectivity index (χ4n) is 0.952. The van der Waals surface area contributed by atoms with E-state index in [1.165, 1.54) is 0 Å². The highest BCUT2D eigenvalue weighted by molar-refractivity contribution is 4.89. The largest absolute Gasteiger partial charge is 0.389 e. The molecule has 0 saturated heterocycles. The molecule has 0 bridgehead atoms. The van der Waals surface area contributed by atoms with Gasteiger partial charge < -0.3 is 5.73 Å². The minimum atomic E-state index is -4.00. The quantitative estimate of drug-likeness (QED) is 0.641. The molecule has 10 heavy (non-hydrogen) atoms. The van der Waals surface area contributed by atoms with Gasteiger partial charge in [-0.3, -0.25) is 0 Å². The summed E-state index contributed by atoms with van der Waals surface area (Å²) in [5, 5.41) is 0. The lowest BCUT2D eigenvalue weighted by molar-refractivity contribution is -0.136. The Labute approximate surface area is 57.4 Å². The molecule has 2 atom stereocenters. The van der Waals surface area contributed by atoms with Gasteiger partial charge >= 0.3 is 6.18 Å². The molecule has 0 spiro atoms. The summed E-state index contributed by atoms with van der Waals surface area (Å²) in [6, 6.07) is 0.0438. The fourth-order valence-corrected chi connectivity index (χ4v) is 0.952. The molecule has 1 aliphatic rings. The van der Waals surface area contributed by atoms with Crippen LogP contribution in [-0.2, 0) is 0 Å². The molecular weight excluding hydrogens is 143 g/mol. The van der Waals surface area contributed by atoms with E-state index >= 15 is 0 Å². The van der Waals surface area contributed by atoms with E-state index in [-0.39, 0.29) is 18.4 Å². The first-order valence-electron chi connectivity index (χ1n) is 3.31. The first-order chi connectivity index (χ1) is 4.49. The maximum Gasteiger partial charge on any atom is 0.389 e. The third kappa shape index (κ3) is 2.56. The number of alkyl halides is 3. The van der Waals surface area contributed by atoms with Crippen LogP contribution in [-0.4, -0.2) is 12.2 Å². The van der Waals surface area contributed by atoms with Crippen LogP contribution < -0.4 is 5.73 Å². The van der Waals surface area contributed by atoms with Crippen LogP contribution in [0.4, 0.5) is 13.2 Å². The minimum Gasteiger partial charge on any atom is -0.327 e. The molecule has 1 nitrogen and oxygen atoms in total. The molecule has 0 aliphatic heterocycles.